The number of ether oxygens (including phenoxy) is 1. The summed E-state index contributed by atoms with van der Waals surface area (Å²) in [6.07, 6.45) is 0.745. The van der Waals surface area contributed by atoms with E-state index in [0.717, 1.165) is 5.56 Å². The predicted molar refractivity (Wildman–Crippen MR) is 149 cm³/mol. The van der Waals surface area contributed by atoms with Crippen LogP contribution in [0.3, 0.4) is 0 Å². The number of hydrogen-bond acceptors (Lipinski definition) is 6. The van der Waals surface area contributed by atoms with E-state index in [1.54, 1.807) is 24.3 Å². The van der Waals surface area contributed by atoms with Crippen molar-refractivity contribution in [3.05, 3.63) is 71.5 Å². The molecule has 1 fully saturated rings. The summed E-state index contributed by atoms with van der Waals surface area (Å²) in [4.78, 5) is 62.9. The first kappa shape index (κ1) is 31.3. The lowest BCUT2D eigenvalue weighted by atomic mass is 9.97. The molecule has 4 N–H and O–H groups in total. The van der Waals surface area contributed by atoms with Gasteiger partial charge in [-0.15, -0.1) is 0 Å². The van der Waals surface area contributed by atoms with Crippen molar-refractivity contribution in [1.82, 2.24) is 21.3 Å². The van der Waals surface area contributed by atoms with E-state index >= 15 is 0 Å². The highest BCUT2D eigenvalue weighted by molar-refractivity contribution is 5.92. The summed E-state index contributed by atoms with van der Waals surface area (Å²) >= 11 is 0. The Balaban J connectivity index is 1.70. The lowest BCUT2D eigenvalue weighted by molar-refractivity contribution is -0.131. The molecular weight excluding hydrogens is 531 g/mol. The fourth-order valence-corrected chi connectivity index (χ4v) is 4.56. The van der Waals surface area contributed by atoms with Crippen molar-refractivity contribution in [2.24, 2.45) is 11.8 Å². The van der Waals surface area contributed by atoms with Gasteiger partial charge in [-0.3, -0.25) is 14.4 Å². The second-order valence-electron chi connectivity index (χ2n) is 10.5. The van der Waals surface area contributed by atoms with E-state index in [4.69, 9.17) is 4.74 Å². The summed E-state index contributed by atoms with van der Waals surface area (Å²) in [7, 11) is 0. The van der Waals surface area contributed by atoms with Gasteiger partial charge in [0.2, 0.25) is 17.7 Å². The molecule has 220 valence electrons. The van der Waals surface area contributed by atoms with Crippen molar-refractivity contribution in [2.45, 2.75) is 64.3 Å². The van der Waals surface area contributed by atoms with E-state index in [1.807, 2.05) is 19.9 Å². The first-order chi connectivity index (χ1) is 19.6. The molecule has 41 heavy (non-hydrogen) atoms. The quantitative estimate of drug-likeness (QED) is 0.258. The second kappa shape index (κ2) is 15.5. The monoisotopic (exact) mass is 568 g/mol. The second-order valence-corrected chi connectivity index (χ2v) is 10.5. The minimum absolute atomic E-state index is 0.000636. The van der Waals surface area contributed by atoms with Gasteiger partial charge in [-0.1, -0.05) is 56.3 Å². The topological polar surface area (TPSA) is 143 Å². The van der Waals surface area contributed by atoms with Crippen LogP contribution in [-0.4, -0.2) is 54.8 Å². The molecule has 4 amide bonds. The zero-order chi connectivity index (χ0) is 29.8. The number of carbonyl (C=O) groups is 5. The number of rotatable bonds is 14. The highest BCUT2D eigenvalue weighted by Gasteiger charge is 2.31. The summed E-state index contributed by atoms with van der Waals surface area (Å²) in [6, 6.07) is 11.5. The van der Waals surface area contributed by atoms with Crippen LogP contribution < -0.4 is 21.3 Å². The number of amides is 4. The molecule has 11 heteroatoms. The van der Waals surface area contributed by atoms with Crippen LogP contribution in [0.2, 0.25) is 0 Å². The largest absolute Gasteiger partial charge is 0.445 e. The lowest BCUT2D eigenvalue weighted by Crippen LogP contribution is -2.56. The maximum Gasteiger partial charge on any atom is 0.408 e. The van der Waals surface area contributed by atoms with Crippen molar-refractivity contribution in [2.75, 3.05) is 6.54 Å². The summed E-state index contributed by atoms with van der Waals surface area (Å²) in [5.41, 5.74) is 1.34. The molecule has 0 radical (unpaired) electrons. The highest BCUT2D eigenvalue weighted by atomic mass is 19.1. The number of carbonyl (C=O) groups excluding carboxylic acids is 5. The van der Waals surface area contributed by atoms with Crippen LogP contribution in [0.1, 0.15) is 44.2 Å². The van der Waals surface area contributed by atoms with Crippen molar-refractivity contribution >= 4 is 30.1 Å². The van der Waals surface area contributed by atoms with Gasteiger partial charge < -0.3 is 30.8 Å². The molecule has 0 aliphatic carbocycles. The van der Waals surface area contributed by atoms with E-state index in [0.29, 0.717) is 24.8 Å². The van der Waals surface area contributed by atoms with Crippen molar-refractivity contribution in [3.8, 4) is 0 Å². The standard InChI is InChI=1S/C30H37FN4O6/c1-19(2)14-25(28(38)33-24(17-36)16-22-12-13-32-27(22)37)34-29(39)26(15-20-8-10-23(31)11-9-20)35-30(40)41-18-21-6-4-3-5-7-21/h3-11,17,19,22,24-26H,12-16,18H2,1-2H3,(H,32,37)(H,33,38)(H,34,39)(H,35,40)/t22-,24?,25-,26-/m0/s1. The fourth-order valence-electron chi connectivity index (χ4n) is 4.56. The lowest BCUT2D eigenvalue weighted by Gasteiger charge is -2.25. The van der Waals surface area contributed by atoms with Crippen molar-refractivity contribution in [3.63, 3.8) is 0 Å². The number of alkyl carbamates (subject to hydrolysis) is 1. The number of aldehydes is 1. The number of nitrogens with one attached hydrogen (secondary N) is 4. The van der Waals surface area contributed by atoms with Gasteiger partial charge in [-0.25, -0.2) is 9.18 Å². The first-order valence-electron chi connectivity index (χ1n) is 13.7. The van der Waals surface area contributed by atoms with Gasteiger partial charge >= 0.3 is 6.09 Å². The molecule has 1 aliphatic rings. The average Bonchev–Trinajstić information content (AvgIpc) is 3.36. The minimum Gasteiger partial charge on any atom is -0.445 e. The molecule has 1 aliphatic heterocycles. The first-order valence-corrected chi connectivity index (χ1v) is 13.7. The van der Waals surface area contributed by atoms with E-state index in [1.165, 1.54) is 24.3 Å². The molecule has 0 aromatic heterocycles. The van der Waals surface area contributed by atoms with Gasteiger partial charge in [0.15, 0.2) is 0 Å². The van der Waals surface area contributed by atoms with Gasteiger partial charge in [-0.05, 0) is 48.4 Å². The highest BCUT2D eigenvalue weighted by Crippen LogP contribution is 2.16. The van der Waals surface area contributed by atoms with Gasteiger partial charge in [0.25, 0.3) is 0 Å². The SMILES string of the molecule is CC(C)C[C@H](NC(=O)[C@H](Cc1ccc(F)cc1)NC(=O)OCc1ccccc1)C(=O)NC(C=O)C[C@@H]1CCNC1=O. The summed E-state index contributed by atoms with van der Waals surface area (Å²) in [5.74, 6) is -2.21. The Labute approximate surface area is 238 Å². The predicted octanol–water partition coefficient (Wildman–Crippen LogP) is 2.40. The molecule has 0 bridgehead atoms. The van der Waals surface area contributed by atoms with Crippen LogP contribution in [0.25, 0.3) is 0 Å². The molecule has 1 saturated heterocycles. The van der Waals surface area contributed by atoms with Crippen LogP contribution in [-0.2, 0) is 36.9 Å². The molecule has 2 aromatic rings. The van der Waals surface area contributed by atoms with Crippen molar-refractivity contribution < 1.29 is 33.1 Å². The maximum absolute atomic E-state index is 13.5. The Kier molecular flexibility index (Phi) is 11.8. The smallest absolute Gasteiger partial charge is 0.408 e. The normalized spacial score (nSPS) is 16.7. The molecule has 2 aromatic carbocycles. The van der Waals surface area contributed by atoms with Gasteiger partial charge in [0.1, 0.15) is 30.8 Å². The molecule has 3 rings (SSSR count). The summed E-state index contributed by atoms with van der Waals surface area (Å²) < 4.78 is 18.7. The van der Waals surface area contributed by atoms with E-state index in [2.05, 4.69) is 21.3 Å². The Morgan fingerprint density at radius 3 is 2.27 bits per heavy atom. The van der Waals surface area contributed by atoms with Gasteiger partial charge in [0, 0.05) is 18.9 Å². The molecule has 10 nitrogen and oxygen atoms in total. The van der Waals surface area contributed by atoms with Crippen LogP contribution in [0, 0.1) is 17.7 Å². The zero-order valence-corrected chi connectivity index (χ0v) is 23.2. The molecule has 1 unspecified atom stereocenters. The number of benzene rings is 2. The van der Waals surface area contributed by atoms with Crippen LogP contribution in [0.4, 0.5) is 9.18 Å². The fraction of sp³-hybridized carbons (Fsp3) is 0.433. The Morgan fingerprint density at radius 2 is 1.66 bits per heavy atom. The molecular formula is C30H37FN4O6. The van der Waals surface area contributed by atoms with Crippen LogP contribution in [0.5, 0.6) is 0 Å². The molecule has 4 atom stereocenters. The maximum atomic E-state index is 13.5. The summed E-state index contributed by atoms with van der Waals surface area (Å²) in [6.45, 7) is 4.26. The van der Waals surface area contributed by atoms with Crippen LogP contribution in [0.15, 0.2) is 54.6 Å². The zero-order valence-electron chi connectivity index (χ0n) is 23.2. The molecule has 0 saturated carbocycles. The molecule has 1 heterocycles. The molecule has 0 spiro atoms. The van der Waals surface area contributed by atoms with Gasteiger partial charge in [0.05, 0.1) is 6.04 Å². The van der Waals surface area contributed by atoms with E-state index in [9.17, 15) is 28.4 Å². The summed E-state index contributed by atoms with van der Waals surface area (Å²) in [5, 5.41) is 10.6. The Morgan fingerprint density at radius 1 is 0.976 bits per heavy atom. The average molecular weight is 569 g/mol. The third kappa shape index (κ3) is 10.3. The van der Waals surface area contributed by atoms with Crippen LogP contribution >= 0.6 is 0 Å². The third-order valence-electron chi connectivity index (χ3n) is 6.71. The number of halogens is 1. The Hall–Kier alpha value is -4.28. The Bertz CT molecular complexity index is 1190. The van der Waals surface area contributed by atoms with E-state index < -0.39 is 41.9 Å². The van der Waals surface area contributed by atoms with E-state index in [-0.39, 0.29) is 43.6 Å². The minimum atomic E-state index is -1.14. The third-order valence-corrected chi connectivity index (χ3v) is 6.71. The van der Waals surface area contributed by atoms with Gasteiger partial charge in [-0.2, -0.15) is 0 Å². The number of hydrogen-bond donors (Lipinski definition) is 4. The van der Waals surface area contributed by atoms with Crippen molar-refractivity contribution in [1.29, 1.82) is 0 Å².